The molecule has 4 nitrogen and oxygen atoms in total. The second-order valence-corrected chi connectivity index (χ2v) is 1.87. The monoisotopic (exact) mass is 175 g/mol. The van der Waals surface area contributed by atoms with E-state index in [1.54, 1.807) is 0 Å². The molecule has 0 aliphatic rings. The Kier molecular flexibility index (Phi) is 2.37. The zero-order valence-corrected chi connectivity index (χ0v) is 6.12. The van der Waals surface area contributed by atoms with Crippen molar-refractivity contribution in [2.24, 2.45) is 0 Å². The summed E-state index contributed by atoms with van der Waals surface area (Å²) < 4.78 is 28.7. The SMILES string of the molecule is COC(=O)n1c[c]c(C(F)F)n1. The van der Waals surface area contributed by atoms with Crippen LogP contribution in [0.25, 0.3) is 0 Å². The van der Waals surface area contributed by atoms with Crippen molar-refractivity contribution >= 4 is 6.09 Å². The van der Waals surface area contributed by atoms with Crippen LogP contribution in [0.3, 0.4) is 0 Å². The van der Waals surface area contributed by atoms with E-state index in [9.17, 15) is 13.6 Å². The molecule has 6 heteroatoms. The summed E-state index contributed by atoms with van der Waals surface area (Å²) in [6.07, 6.45) is -2.55. The van der Waals surface area contributed by atoms with Crippen molar-refractivity contribution in [1.29, 1.82) is 0 Å². The van der Waals surface area contributed by atoms with Crippen LogP contribution in [0.15, 0.2) is 6.20 Å². The molecular formula is C6H5F2N2O2. The largest absolute Gasteiger partial charge is 0.451 e. The quantitative estimate of drug-likeness (QED) is 0.644. The van der Waals surface area contributed by atoms with Crippen LogP contribution in [-0.4, -0.2) is 23.0 Å². The molecule has 1 heterocycles. The minimum absolute atomic E-state index is 0.569. The van der Waals surface area contributed by atoms with Crippen LogP contribution in [0.4, 0.5) is 13.6 Å². The number of carbonyl (C=O) groups is 1. The molecule has 0 N–H and O–H groups in total. The fourth-order valence-electron chi connectivity index (χ4n) is 0.595. The standard InChI is InChI=1S/C6H5F2N2O2/c1-12-6(11)10-3-2-4(9-10)5(7)8/h3,5H,1H3. The van der Waals surface area contributed by atoms with Gasteiger partial charge in [0.2, 0.25) is 0 Å². The van der Waals surface area contributed by atoms with Gasteiger partial charge in [0.1, 0.15) is 5.69 Å². The van der Waals surface area contributed by atoms with Crippen molar-refractivity contribution in [1.82, 2.24) is 9.78 Å². The molecule has 0 saturated heterocycles. The Labute approximate surface area is 66.7 Å². The van der Waals surface area contributed by atoms with Gasteiger partial charge in [0.25, 0.3) is 6.43 Å². The van der Waals surface area contributed by atoms with Gasteiger partial charge >= 0.3 is 6.09 Å². The van der Waals surface area contributed by atoms with Gasteiger partial charge in [0.15, 0.2) is 0 Å². The number of carbonyl (C=O) groups excluding carboxylic acids is 1. The van der Waals surface area contributed by atoms with E-state index in [1.165, 1.54) is 0 Å². The van der Waals surface area contributed by atoms with Crippen LogP contribution in [0.5, 0.6) is 0 Å². The minimum Gasteiger partial charge on any atom is -0.451 e. The highest BCUT2D eigenvalue weighted by Gasteiger charge is 2.13. The molecule has 0 aromatic carbocycles. The Morgan fingerprint density at radius 2 is 2.50 bits per heavy atom. The molecule has 0 fully saturated rings. The van der Waals surface area contributed by atoms with Crippen LogP contribution < -0.4 is 0 Å². The molecule has 12 heavy (non-hydrogen) atoms. The number of nitrogens with zero attached hydrogens (tertiary/aromatic N) is 2. The summed E-state index contributed by atoms with van der Waals surface area (Å²) in [5, 5.41) is 3.22. The summed E-state index contributed by atoms with van der Waals surface area (Å²) in [7, 11) is 1.13. The molecule has 0 unspecified atom stereocenters. The average molecular weight is 175 g/mol. The van der Waals surface area contributed by atoms with Gasteiger partial charge in [-0.3, -0.25) is 0 Å². The lowest BCUT2D eigenvalue weighted by molar-refractivity contribution is 0.143. The topological polar surface area (TPSA) is 44.1 Å². The van der Waals surface area contributed by atoms with E-state index in [2.05, 4.69) is 15.9 Å². The molecule has 65 valence electrons. The van der Waals surface area contributed by atoms with Gasteiger partial charge in [-0.25, -0.2) is 13.6 Å². The van der Waals surface area contributed by atoms with E-state index >= 15 is 0 Å². The summed E-state index contributed by atoms with van der Waals surface area (Å²) in [5.74, 6) is 0. The van der Waals surface area contributed by atoms with Crippen molar-refractivity contribution < 1.29 is 18.3 Å². The van der Waals surface area contributed by atoms with E-state index in [0.29, 0.717) is 4.68 Å². The van der Waals surface area contributed by atoms with Crippen LogP contribution in [0.1, 0.15) is 12.1 Å². The Bertz CT molecular complexity index is 285. The Hall–Kier alpha value is -1.46. The maximum Gasteiger partial charge on any atom is 0.434 e. The lowest BCUT2D eigenvalue weighted by Gasteiger charge is -1.95. The second kappa shape index (κ2) is 3.29. The lowest BCUT2D eigenvalue weighted by atomic mass is 10.5. The first-order chi connectivity index (χ1) is 5.65. The van der Waals surface area contributed by atoms with Gasteiger partial charge in [-0.2, -0.15) is 9.78 Å². The van der Waals surface area contributed by atoms with Gasteiger partial charge in [0.05, 0.1) is 7.11 Å². The molecule has 1 rings (SSSR count). The highest BCUT2D eigenvalue weighted by atomic mass is 19.3. The first-order valence-electron chi connectivity index (χ1n) is 2.99. The van der Waals surface area contributed by atoms with Gasteiger partial charge in [-0.1, -0.05) is 0 Å². The van der Waals surface area contributed by atoms with E-state index in [-0.39, 0.29) is 0 Å². The molecule has 0 atom stereocenters. The number of methoxy groups -OCH3 is 1. The summed E-state index contributed by atoms with van der Waals surface area (Å²) in [6.45, 7) is 0. The molecule has 0 spiro atoms. The number of rotatable bonds is 1. The van der Waals surface area contributed by atoms with Gasteiger partial charge in [0, 0.05) is 12.3 Å². The third kappa shape index (κ3) is 1.58. The van der Waals surface area contributed by atoms with Crippen LogP contribution in [-0.2, 0) is 4.74 Å². The van der Waals surface area contributed by atoms with E-state index in [4.69, 9.17) is 0 Å². The fraction of sp³-hybridized carbons (Fsp3) is 0.333. The molecule has 0 aliphatic carbocycles. The second-order valence-electron chi connectivity index (χ2n) is 1.87. The molecule has 0 aliphatic heterocycles. The molecule has 1 radical (unpaired) electrons. The summed E-state index contributed by atoms with van der Waals surface area (Å²) in [5.41, 5.74) is -0.569. The third-order valence-electron chi connectivity index (χ3n) is 1.12. The number of ether oxygens (including phenoxy) is 1. The van der Waals surface area contributed by atoms with Gasteiger partial charge < -0.3 is 4.74 Å². The number of hydrogen-bond donors (Lipinski definition) is 0. The summed E-state index contributed by atoms with van der Waals surface area (Å²) in [4.78, 5) is 10.7. The molecule has 0 saturated carbocycles. The zero-order chi connectivity index (χ0) is 9.14. The van der Waals surface area contributed by atoms with Crippen LogP contribution in [0.2, 0.25) is 0 Å². The fourth-order valence-corrected chi connectivity index (χ4v) is 0.595. The molecule has 1 aromatic rings. The minimum atomic E-state index is -2.73. The highest BCUT2D eigenvalue weighted by Crippen LogP contribution is 2.14. The van der Waals surface area contributed by atoms with Crippen molar-refractivity contribution in [3.63, 3.8) is 0 Å². The zero-order valence-electron chi connectivity index (χ0n) is 6.12. The Balaban J connectivity index is 2.84. The van der Waals surface area contributed by atoms with Crippen molar-refractivity contribution in [2.75, 3.05) is 7.11 Å². The Morgan fingerprint density at radius 1 is 1.83 bits per heavy atom. The Morgan fingerprint density at radius 3 is 2.92 bits per heavy atom. The average Bonchev–Trinajstić information content (AvgIpc) is 2.51. The lowest BCUT2D eigenvalue weighted by Crippen LogP contribution is -2.12. The molecule has 0 bridgehead atoms. The third-order valence-corrected chi connectivity index (χ3v) is 1.12. The predicted octanol–water partition coefficient (Wildman–Crippen LogP) is 1.24. The summed E-state index contributed by atoms with van der Waals surface area (Å²) in [6, 6.07) is 2.12. The van der Waals surface area contributed by atoms with Crippen molar-refractivity contribution in [3.05, 3.63) is 18.0 Å². The molecule has 1 aromatic heterocycles. The van der Waals surface area contributed by atoms with Crippen molar-refractivity contribution in [2.45, 2.75) is 6.43 Å². The first kappa shape index (κ1) is 8.63. The van der Waals surface area contributed by atoms with E-state index < -0.39 is 18.2 Å². The number of alkyl halides is 2. The highest BCUT2D eigenvalue weighted by molar-refractivity contribution is 5.68. The van der Waals surface area contributed by atoms with Crippen LogP contribution in [0, 0.1) is 6.07 Å². The molecular weight excluding hydrogens is 170 g/mol. The number of aromatic nitrogens is 2. The maximum atomic E-state index is 11.9. The summed E-state index contributed by atoms with van der Waals surface area (Å²) >= 11 is 0. The maximum absolute atomic E-state index is 11.9. The van der Waals surface area contributed by atoms with E-state index in [0.717, 1.165) is 13.3 Å². The first-order valence-corrected chi connectivity index (χ1v) is 2.99. The van der Waals surface area contributed by atoms with Crippen molar-refractivity contribution in [3.8, 4) is 0 Å². The smallest absolute Gasteiger partial charge is 0.434 e. The van der Waals surface area contributed by atoms with Crippen LogP contribution >= 0.6 is 0 Å². The predicted molar refractivity (Wildman–Crippen MR) is 33.8 cm³/mol. The molecule has 0 amide bonds. The van der Waals surface area contributed by atoms with Gasteiger partial charge in [-0.15, -0.1) is 0 Å². The normalized spacial score (nSPS) is 10.3. The van der Waals surface area contributed by atoms with E-state index in [1.807, 2.05) is 0 Å². The number of hydrogen-bond acceptors (Lipinski definition) is 3. The number of halogens is 2. The van der Waals surface area contributed by atoms with Gasteiger partial charge in [-0.05, 0) is 0 Å².